The van der Waals surface area contributed by atoms with Crippen molar-refractivity contribution in [2.24, 2.45) is 0 Å². The number of aliphatic hydroxyl groups is 1. The van der Waals surface area contributed by atoms with E-state index in [1.807, 2.05) is 30.3 Å². The molecule has 0 aliphatic heterocycles. The van der Waals surface area contributed by atoms with Crippen molar-refractivity contribution < 1.29 is 5.11 Å². The van der Waals surface area contributed by atoms with Gasteiger partial charge in [0.15, 0.2) is 0 Å². The molecule has 2 aromatic rings. The fourth-order valence-electron chi connectivity index (χ4n) is 3.03. The average Bonchev–Trinajstić information content (AvgIpc) is 3.09. The van der Waals surface area contributed by atoms with Gasteiger partial charge in [-0.3, -0.25) is 5.32 Å². The summed E-state index contributed by atoms with van der Waals surface area (Å²) in [5.41, 5.74) is 0.932. The maximum Gasteiger partial charge on any atom is 0.224 e. The standard InChI is InChI=1S/C17H20Cl2N4O/c18-13-10-20-17(19)23-15(13)22-14(11-6-2-1-3-7-11)16(24)21-12-8-4-5-9-12/h1-3,6-7,10,12,14,16,21,24H,4-5,8-9H2,(H,20,22,23)/t14-,16?/m0/s1. The highest BCUT2D eigenvalue weighted by Crippen LogP contribution is 2.27. The van der Waals surface area contributed by atoms with Gasteiger partial charge in [0.05, 0.1) is 12.2 Å². The van der Waals surface area contributed by atoms with Gasteiger partial charge in [-0.25, -0.2) is 4.98 Å². The summed E-state index contributed by atoms with van der Waals surface area (Å²) in [7, 11) is 0. The summed E-state index contributed by atoms with van der Waals surface area (Å²) in [5.74, 6) is 0.401. The molecule has 1 aromatic carbocycles. The van der Waals surface area contributed by atoms with Crippen LogP contribution in [0.25, 0.3) is 0 Å². The Labute approximate surface area is 151 Å². The lowest BCUT2D eigenvalue weighted by Gasteiger charge is -2.28. The first-order valence-corrected chi connectivity index (χ1v) is 8.83. The third kappa shape index (κ3) is 4.36. The van der Waals surface area contributed by atoms with E-state index in [1.165, 1.54) is 19.0 Å². The van der Waals surface area contributed by atoms with Gasteiger partial charge in [0.25, 0.3) is 0 Å². The minimum atomic E-state index is -0.777. The van der Waals surface area contributed by atoms with Crippen molar-refractivity contribution in [1.29, 1.82) is 0 Å². The van der Waals surface area contributed by atoms with E-state index in [0.29, 0.717) is 16.9 Å². The lowest BCUT2D eigenvalue weighted by molar-refractivity contribution is 0.102. The molecule has 0 spiro atoms. The molecule has 1 heterocycles. The highest BCUT2D eigenvalue weighted by atomic mass is 35.5. The zero-order valence-electron chi connectivity index (χ0n) is 13.1. The van der Waals surface area contributed by atoms with Crippen molar-refractivity contribution in [1.82, 2.24) is 15.3 Å². The molecule has 0 amide bonds. The molecule has 1 unspecified atom stereocenters. The van der Waals surface area contributed by atoms with Crippen LogP contribution < -0.4 is 10.6 Å². The molecular weight excluding hydrogens is 347 g/mol. The highest BCUT2D eigenvalue weighted by Gasteiger charge is 2.26. The van der Waals surface area contributed by atoms with Crippen LogP contribution in [0.5, 0.6) is 0 Å². The molecule has 24 heavy (non-hydrogen) atoms. The number of nitrogens with zero attached hydrogens (tertiary/aromatic N) is 2. The molecule has 3 rings (SSSR count). The van der Waals surface area contributed by atoms with Gasteiger partial charge in [-0.15, -0.1) is 0 Å². The molecule has 128 valence electrons. The van der Waals surface area contributed by atoms with Crippen LogP contribution in [0.4, 0.5) is 5.82 Å². The van der Waals surface area contributed by atoms with Gasteiger partial charge in [-0.2, -0.15) is 4.98 Å². The SMILES string of the molecule is OC(NC1CCCC1)[C@@H](Nc1nc(Cl)ncc1Cl)c1ccccc1. The molecule has 1 aliphatic rings. The second-order valence-corrected chi connectivity index (χ2v) is 6.71. The Balaban J connectivity index is 1.82. The summed E-state index contributed by atoms with van der Waals surface area (Å²) < 4.78 is 0. The first-order chi connectivity index (χ1) is 11.6. The summed E-state index contributed by atoms with van der Waals surface area (Å²) in [6, 6.07) is 9.63. The van der Waals surface area contributed by atoms with E-state index >= 15 is 0 Å². The van der Waals surface area contributed by atoms with Crippen molar-refractivity contribution in [3.8, 4) is 0 Å². The van der Waals surface area contributed by atoms with E-state index in [1.54, 1.807) is 0 Å². The summed E-state index contributed by atoms with van der Waals surface area (Å²) in [4.78, 5) is 7.98. The van der Waals surface area contributed by atoms with Gasteiger partial charge in [-0.05, 0) is 30.0 Å². The number of halogens is 2. The van der Waals surface area contributed by atoms with Gasteiger partial charge in [-0.1, -0.05) is 54.8 Å². The van der Waals surface area contributed by atoms with Crippen molar-refractivity contribution in [2.75, 3.05) is 5.32 Å². The molecule has 1 fully saturated rings. The van der Waals surface area contributed by atoms with Crippen molar-refractivity contribution in [3.63, 3.8) is 0 Å². The van der Waals surface area contributed by atoms with Crippen molar-refractivity contribution in [3.05, 3.63) is 52.4 Å². The predicted molar refractivity (Wildman–Crippen MR) is 96.3 cm³/mol. The van der Waals surface area contributed by atoms with E-state index in [4.69, 9.17) is 23.2 Å². The van der Waals surface area contributed by atoms with E-state index in [0.717, 1.165) is 18.4 Å². The largest absolute Gasteiger partial charge is 0.376 e. The number of hydrogen-bond donors (Lipinski definition) is 3. The molecule has 2 atom stereocenters. The zero-order chi connectivity index (χ0) is 16.9. The molecule has 3 N–H and O–H groups in total. The van der Waals surface area contributed by atoms with Gasteiger partial charge < -0.3 is 10.4 Å². The number of aliphatic hydroxyl groups excluding tert-OH is 1. The quantitative estimate of drug-likeness (QED) is 0.535. The van der Waals surface area contributed by atoms with Gasteiger partial charge >= 0.3 is 0 Å². The molecule has 7 heteroatoms. The summed E-state index contributed by atoms with van der Waals surface area (Å²) >= 11 is 12.0. The Bertz CT molecular complexity index is 665. The van der Waals surface area contributed by atoms with Crippen LogP contribution in [0.1, 0.15) is 37.3 Å². The molecule has 0 saturated heterocycles. The van der Waals surface area contributed by atoms with Gasteiger partial charge in [0.1, 0.15) is 17.1 Å². The Morgan fingerprint density at radius 2 is 1.83 bits per heavy atom. The Hall–Kier alpha value is -1.40. The summed E-state index contributed by atoms with van der Waals surface area (Å²) in [6.45, 7) is 0. The average molecular weight is 367 g/mol. The summed E-state index contributed by atoms with van der Waals surface area (Å²) in [5, 5.41) is 17.7. The third-order valence-corrected chi connectivity index (χ3v) is 4.70. The zero-order valence-corrected chi connectivity index (χ0v) is 14.6. The van der Waals surface area contributed by atoms with Crippen LogP contribution in [-0.2, 0) is 0 Å². The van der Waals surface area contributed by atoms with Crippen molar-refractivity contribution in [2.45, 2.75) is 44.0 Å². The monoisotopic (exact) mass is 366 g/mol. The molecule has 1 saturated carbocycles. The number of aromatic nitrogens is 2. The first-order valence-electron chi connectivity index (χ1n) is 8.07. The van der Waals surface area contributed by atoms with E-state index < -0.39 is 12.3 Å². The minimum Gasteiger partial charge on any atom is -0.376 e. The maximum atomic E-state index is 10.8. The number of benzene rings is 1. The first kappa shape index (κ1) is 17.4. The molecule has 1 aliphatic carbocycles. The molecule has 0 radical (unpaired) electrons. The van der Waals surface area contributed by atoms with E-state index in [2.05, 4.69) is 20.6 Å². The van der Waals surface area contributed by atoms with Gasteiger partial charge in [0.2, 0.25) is 5.28 Å². The predicted octanol–water partition coefficient (Wildman–Crippen LogP) is 3.79. The van der Waals surface area contributed by atoms with Crippen LogP contribution in [0.2, 0.25) is 10.3 Å². The third-order valence-electron chi connectivity index (χ3n) is 4.24. The second-order valence-electron chi connectivity index (χ2n) is 5.96. The normalized spacial score (nSPS) is 17.6. The number of nitrogens with one attached hydrogen (secondary N) is 2. The Kier molecular flexibility index (Phi) is 5.89. The smallest absolute Gasteiger partial charge is 0.224 e. The number of rotatable bonds is 6. The maximum absolute atomic E-state index is 10.8. The van der Waals surface area contributed by atoms with Crippen LogP contribution in [0, 0.1) is 0 Å². The molecule has 1 aromatic heterocycles. The Morgan fingerprint density at radius 3 is 2.54 bits per heavy atom. The molecule has 0 bridgehead atoms. The Morgan fingerprint density at radius 1 is 1.12 bits per heavy atom. The molecule has 5 nitrogen and oxygen atoms in total. The highest BCUT2D eigenvalue weighted by molar-refractivity contribution is 6.33. The van der Waals surface area contributed by atoms with Crippen LogP contribution in [0.15, 0.2) is 36.5 Å². The van der Waals surface area contributed by atoms with E-state index in [9.17, 15) is 5.11 Å². The topological polar surface area (TPSA) is 70.1 Å². The number of anilines is 1. The second kappa shape index (κ2) is 8.12. The number of hydrogen-bond acceptors (Lipinski definition) is 5. The minimum absolute atomic E-state index is 0.104. The lowest BCUT2D eigenvalue weighted by Crippen LogP contribution is -2.43. The summed E-state index contributed by atoms with van der Waals surface area (Å²) in [6.07, 6.45) is 5.22. The van der Waals surface area contributed by atoms with Crippen LogP contribution in [-0.4, -0.2) is 27.3 Å². The lowest BCUT2D eigenvalue weighted by atomic mass is 10.0. The fraction of sp³-hybridized carbons (Fsp3) is 0.412. The van der Waals surface area contributed by atoms with Crippen molar-refractivity contribution >= 4 is 29.0 Å². The van der Waals surface area contributed by atoms with Crippen LogP contribution >= 0.6 is 23.2 Å². The van der Waals surface area contributed by atoms with Crippen LogP contribution in [0.3, 0.4) is 0 Å². The molecular formula is C17H20Cl2N4O. The van der Waals surface area contributed by atoms with E-state index in [-0.39, 0.29) is 5.28 Å². The fourth-order valence-corrected chi connectivity index (χ4v) is 3.31. The van der Waals surface area contributed by atoms with Gasteiger partial charge in [0, 0.05) is 6.04 Å².